The average molecular weight is 207 g/mol. The van der Waals surface area contributed by atoms with Crippen LogP contribution < -0.4 is 11.1 Å². The van der Waals surface area contributed by atoms with Crippen molar-refractivity contribution in [1.29, 1.82) is 0 Å². The molecule has 1 aromatic carbocycles. The lowest BCUT2D eigenvalue weighted by atomic mass is 10.2. The maximum Gasteiger partial charge on any atom is 0.0341 e. The molecule has 1 aromatic rings. The first-order chi connectivity index (χ1) is 7.18. The van der Waals surface area contributed by atoms with Crippen molar-refractivity contribution in [2.45, 2.75) is 12.8 Å². The van der Waals surface area contributed by atoms with Crippen LogP contribution >= 0.6 is 0 Å². The number of nitrogens with one attached hydrogen (secondary N) is 1. The Labute approximate surface area is 92.3 Å². The lowest BCUT2D eigenvalue weighted by Crippen LogP contribution is -2.14. The summed E-state index contributed by atoms with van der Waals surface area (Å²) in [5.74, 6) is 0. The first-order valence-corrected chi connectivity index (χ1v) is 5.42. The fraction of sp³-hybridized carbons (Fsp3) is 0.500. The average Bonchev–Trinajstić information content (AvgIpc) is 2.20. The molecule has 0 radical (unpaired) electrons. The highest BCUT2D eigenvalue weighted by Gasteiger charge is 1.93. The van der Waals surface area contributed by atoms with Gasteiger partial charge in [-0.3, -0.25) is 0 Å². The van der Waals surface area contributed by atoms with Gasteiger partial charge in [0.25, 0.3) is 0 Å². The van der Waals surface area contributed by atoms with E-state index in [9.17, 15) is 0 Å². The van der Waals surface area contributed by atoms with Crippen molar-refractivity contribution in [2.24, 2.45) is 0 Å². The molecule has 0 heterocycles. The van der Waals surface area contributed by atoms with E-state index in [1.807, 2.05) is 24.3 Å². The van der Waals surface area contributed by atoms with Gasteiger partial charge in [-0.05, 0) is 57.7 Å². The van der Waals surface area contributed by atoms with Gasteiger partial charge in [-0.2, -0.15) is 0 Å². The SMILES string of the molecule is CN(C)CCCCNc1ccc(N)cc1. The zero-order valence-electron chi connectivity index (χ0n) is 9.66. The predicted octanol–water partition coefficient (Wildman–Crippen LogP) is 2.02. The number of benzene rings is 1. The van der Waals surface area contributed by atoms with Crippen LogP contribution in [0.3, 0.4) is 0 Å². The molecule has 0 atom stereocenters. The van der Waals surface area contributed by atoms with Gasteiger partial charge in [0.05, 0.1) is 0 Å². The second kappa shape index (κ2) is 6.30. The topological polar surface area (TPSA) is 41.3 Å². The Morgan fingerprint density at radius 3 is 2.40 bits per heavy atom. The number of anilines is 2. The summed E-state index contributed by atoms with van der Waals surface area (Å²) in [6.07, 6.45) is 2.43. The molecule has 0 bridgehead atoms. The summed E-state index contributed by atoms with van der Waals surface area (Å²) in [6, 6.07) is 7.87. The third-order valence-corrected chi connectivity index (χ3v) is 2.27. The third kappa shape index (κ3) is 5.27. The second-order valence-corrected chi connectivity index (χ2v) is 4.06. The minimum absolute atomic E-state index is 0.813. The van der Waals surface area contributed by atoms with Crippen molar-refractivity contribution < 1.29 is 0 Å². The molecule has 15 heavy (non-hydrogen) atoms. The zero-order chi connectivity index (χ0) is 11.1. The molecule has 3 heteroatoms. The van der Waals surface area contributed by atoms with E-state index in [1.165, 1.54) is 12.8 Å². The maximum absolute atomic E-state index is 5.60. The largest absolute Gasteiger partial charge is 0.399 e. The van der Waals surface area contributed by atoms with Gasteiger partial charge in [0.15, 0.2) is 0 Å². The summed E-state index contributed by atoms with van der Waals surface area (Å²) in [4.78, 5) is 2.21. The molecule has 0 aliphatic heterocycles. The Balaban J connectivity index is 2.12. The van der Waals surface area contributed by atoms with Crippen LogP contribution in [-0.2, 0) is 0 Å². The minimum Gasteiger partial charge on any atom is -0.399 e. The Morgan fingerprint density at radius 1 is 1.13 bits per heavy atom. The van der Waals surface area contributed by atoms with E-state index in [0.717, 1.165) is 24.5 Å². The molecule has 0 saturated carbocycles. The first-order valence-electron chi connectivity index (χ1n) is 5.42. The molecule has 1 rings (SSSR count). The van der Waals surface area contributed by atoms with Crippen LogP contribution in [0.15, 0.2) is 24.3 Å². The molecule has 3 nitrogen and oxygen atoms in total. The Kier molecular flexibility index (Phi) is 4.98. The van der Waals surface area contributed by atoms with E-state index in [1.54, 1.807) is 0 Å². The van der Waals surface area contributed by atoms with Crippen LogP contribution in [0.2, 0.25) is 0 Å². The van der Waals surface area contributed by atoms with E-state index >= 15 is 0 Å². The molecule has 0 fully saturated rings. The normalized spacial score (nSPS) is 10.6. The van der Waals surface area contributed by atoms with Gasteiger partial charge in [-0.15, -0.1) is 0 Å². The van der Waals surface area contributed by atoms with E-state index in [2.05, 4.69) is 24.3 Å². The summed E-state index contributed by atoms with van der Waals surface area (Å²) >= 11 is 0. The number of nitrogens with two attached hydrogens (primary N) is 1. The molecule has 0 aliphatic carbocycles. The summed E-state index contributed by atoms with van der Waals surface area (Å²) < 4.78 is 0. The van der Waals surface area contributed by atoms with Crippen LogP contribution in [-0.4, -0.2) is 32.1 Å². The quantitative estimate of drug-likeness (QED) is 0.554. The van der Waals surface area contributed by atoms with Gasteiger partial charge < -0.3 is 16.0 Å². The maximum atomic E-state index is 5.60. The summed E-state index contributed by atoms with van der Waals surface area (Å²) in [6.45, 7) is 2.18. The minimum atomic E-state index is 0.813. The van der Waals surface area contributed by atoms with Crippen molar-refractivity contribution in [3.8, 4) is 0 Å². The number of nitrogen functional groups attached to an aromatic ring is 1. The van der Waals surface area contributed by atoms with Gasteiger partial charge in [-0.1, -0.05) is 0 Å². The monoisotopic (exact) mass is 207 g/mol. The lowest BCUT2D eigenvalue weighted by Gasteiger charge is -2.10. The highest BCUT2D eigenvalue weighted by molar-refractivity contribution is 5.50. The van der Waals surface area contributed by atoms with E-state index in [4.69, 9.17) is 5.73 Å². The van der Waals surface area contributed by atoms with Crippen molar-refractivity contribution >= 4 is 11.4 Å². The van der Waals surface area contributed by atoms with Crippen LogP contribution in [0.4, 0.5) is 11.4 Å². The Morgan fingerprint density at radius 2 is 1.80 bits per heavy atom. The number of rotatable bonds is 6. The fourth-order valence-corrected chi connectivity index (χ4v) is 1.39. The van der Waals surface area contributed by atoms with Gasteiger partial charge >= 0.3 is 0 Å². The fourth-order valence-electron chi connectivity index (χ4n) is 1.39. The zero-order valence-corrected chi connectivity index (χ0v) is 9.66. The predicted molar refractivity (Wildman–Crippen MR) is 67.1 cm³/mol. The molecular formula is C12H21N3. The van der Waals surface area contributed by atoms with Crippen molar-refractivity contribution in [3.05, 3.63) is 24.3 Å². The summed E-state index contributed by atoms with van der Waals surface area (Å²) in [5, 5.41) is 3.37. The van der Waals surface area contributed by atoms with Gasteiger partial charge in [0.2, 0.25) is 0 Å². The lowest BCUT2D eigenvalue weighted by molar-refractivity contribution is 0.396. The summed E-state index contributed by atoms with van der Waals surface area (Å²) in [5.41, 5.74) is 7.56. The second-order valence-electron chi connectivity index (χ2n) is 4.06. The van der Waals surface area contributed by atoms with Gasteiger partial charge in [0, 0.05) is 17.9 Å². The third-order valence-electron chi connectivity index (χ3n) is 2.27. The van der Waals surface area contributed by atoms with Crippen LogP contribution in [0.1, 0.15) is 12.8 Å². The summed E-state index contributed by atoms with van der Waals surface area (Å²) in [7, 11) is 4.21. The number of unbranched alkanes of at least 4 members (excludes halogenated alkanes) is 1. The van der Waals surface area contributed by atoms with Gasteiger partial charge in [0.1, 0.15) is 0 Å². The number of nitrogens with zero attached hydrogens (tertiary/aromatic N) is 1. The van der Waals surface area contributed by atoms with Crippen LogP contribution in [0.25, 0.3) is 0 Å². The highest BCUT2D eigenvalue weighted by atomic mass is 15.0. The molecular weight excluding hydrogens is 186 g/mol. The molecule has 3 N–H and O–H groups in total. The number of hydrogen-bond acceptors (Lipinski definition) is 3. The van der Waals surface area contributed by atoms with E-state index in [-0.39, 0.29) is 0 Å². The molecule has 0 spiro atoms. The van der Waals surface area contributed by atoms with E-state index in [0.29, 0.717) is 0 Å². The molecule has 0 amide bonds. The van der Waals surface area contributed by atoms with Crippen molar-refractivity contribution in [2.75, 3.05) is 38.2 Å². The Bertz CT molecular complexity index is 267. The molecule has 84 valence electrons. The highest BCUT2D eigenvalue weighted by Crippen LogP contribution is 2.10. The standard InChI is InChI=1S/C12H21N3/c1-15(2)10-4-3-9-14-12-7-5-11(13)6-8-12/h5-8,14H,3-4,9-10,13H2,1-2H3. The van der Waals surface area contributed by atoms with Crippen LogP contribution in [0, 0.1) is 0 Å². The van der Waals surface area contributed by atoms with Crippen LogP contribution in [0.5, 0.6) is 0 Å². The Hall–Kier alpha value is -1.22. The van der Waals surface area contributed by atoms with E-state index < -0.39 is 0 Å². The van der Waals surface area contributed by atoms with Crippen molar-refractivity contribution in [3.63, 3.8) is 0 Å². The molecule has 0 unspecified atom stereocenters. The molecule has 0 saturated heterocycles. The molecule has 0 aliphatic rings. The van der Waals surface area contributed by atoms with Gasteiger partial charge in [-0.25, -0.2) is 0 Å². The number of hydrogen-bond donors (Lipinski definition) is 2. The first kappa shape index (κ1) is 11.9. The smallest absolute Gasteiger partial charge is 0.0341 e. The molecule has 0 aromatic heterocycles. The van der Waals surface area contributed by atoms with Crippen molar-refractivity contribution in [1.82, 2.24) is 4.90 Å².